The van der Waals surface area contributed by atoms with Crippen LogP contribution in [0.5, 0.6) is 5.75 Å². The van der Waals surface area contributed by atoms with Gasteiger partial charge in [-0.1, -0.05) is 19.1 Å². The summed E-state index contributed by atoms with van der Waals surface area (Å²) in [6, 6.07) is 18.4. The molecule has 0 spiro atoms. The van der Waals surface area contributed by atoms with Crippen LogP contribution in [0.25, 0.3) is 28.5 Å². The lowest BCUT2D eigenvalue weighted by Gasteiger charge is -2.13. The fourth-order valence-corrected chi connectivity index (χ4v) is 3.59. The maximum absolute atomic E-state index is 12.0. The summed E-state index contributed by atoms with van der Waals surface area (Å²) in [6.07, 6.45) is 3.07. The first kappa shape index (κ1) is 19.7. The number of aromatic hydroxyl groups is 1. The van der Waals surface area contributed by atoms with Gasteiger partial charge in [-0.05, 0) is 55.0 Å². The molecule has 0 bridgehead atoms. The standard InChI is InChI=1S/C25H21N5O2/c1-2-4-23(32)27-17-6-3-5-15(11-17)24-29-22-10-8-19(31)13-20(22)25(30-24)28-18-7-9-21-16(12-18)14-26-21/h3,5-14,31H,2,4H2,1H3,(H,27,32)(H,28,29,30). The van der Waals surface area contributed by atoms with Crippen molar-refractivity contribution in [1.29, 1.82) is 0 Å². The van der Waals surface area contributed by atoms with E-state index in [9.17, 15) is 9.90 Å². The lowest BCUT2D eigenvalue weighted by molar-refractivity contribution is -0.116. The second-order valence-electron chi connectivity index (χ2n) is 7.63. The van der Waals surface area contributed by atoms with Crippen LogP contribution < -0.4 is 21.2 Å². The van der Waals surface area contributed by atoms with E-state index in [1.165, 1.54) is 0 Å². The van der Waals surface area contributed by atoms with Crippen LogP contribution in [0.15, 0.2) is 65.7 Å². The molecule has 1 aliphatic heterocycles. The van der Waals surface area contributed by atoms with Crippen molar-refractivity contribution in [2.45, 2.75) is 19.8 Å². The summed E-state index contributed by atoms with van der Waals surface area (Å²) >= 11 is 0. The summed E-state index contributed by atoms with van der Waals surface area (Å²) in [7, 11) is 0. The number of hydrogen-bond acceptors (Lipinski definition) is 6. The Kier molecular flexibility index (Phi) is 4.99. The van der Waals surface area contributed by atoms with Gasteiger partial charge in [-0.3, -0.25) is 9.79 Å². The Morgan fingerprint density at radius 1 is 1.00 bits per heavy atom. The molecule has 1 aromatic heterocycles. The Morgan fingerprint density at radius 3 is 2.69 bits per heavy atom. The number of anilines is 3. The number of nitrogens with zero attached hydrogens (tertiary/aromatic N) is 3. The Bertz CT molecular complexity index is 1480. The number of phenolic OH excluding ortho intramolecular Hbond substituents is 1. The number of fused-ring (bicyclic) bond motifs is 2. The molecule has 0 fully saturated rings. The number of rotatable bonds is 6. The van der Waals surface area contributed by atoms with Gasteiger partial charge in [0, 0.05) is 40.2 Å². The van der Waals surface area contributed by atoms with Crippen molar-refractivity contribution in [2.75, 3.05) is 10.6 Å². The monoisotopic (exact) mass is 423 g/mol. The lowest BCUT2D eigenvalue weighted by Crippen LogP contribution is -2.30. The number of nitrogens with one attached hydrogen (secondary N) is 2. The Labute approximate surface area is 184 Å². The molecule has 4 aromatic rings. The predicted octanol–water partition coefficient (Wildman–Crippen LogP) is 3.86. The summed E-state index contributed by atoms with van der Waals surface area (Å²) in [5.41, 5.74) is 3.04. The van der Waals surface area contributed by atoms with Crippen molar-refractivity contribution in [3.8, 4) is 17.1 Å². The van der Waals surface area contributed by atoms with Crippen LogP contribution in [-0.4, -0.2) is 21.0 Å². The third kappa shape index (κ3) is 3.88. The fourth-order valence-electron chi connectivity index (χ4n) is 3.59. The van der Waals surface area contributed by atoms with Crippen molar-refractivity contribution >= 4 is 40.2 Å². The van der Waals surface area contributed by atoms with Crippen molar-refractivity contribution in [2.24, 2.45) is 4.99 Å². The predicted molar refractivity (Wildman–Crippen MR) is 125 cm³/mol. The van der Waals surface area contributed by atoms with Gasteiger partial charge in [0.25, 0.3) is 0 Å². The van der Waals surface area contributed by atoms with Crippen LogP contribution in [0.1, 0.15) is 19.8 Å². The molecule has 0 unspecified atom stereocenters. The van der Waals surface area contributed by atoms with Gasteiger partial charge in [-0.25, -0.2) is 9.97 Å². The molecule has 0 radical (unpaired) electrons. The second-order valence-corrected chi connectivity index (χ2v) is 7.63. The van der Waals surface area contributed by atoms with Crippen LogP contribution in [0.2, 0.25) is 0 Å². The Morgan fingerprint density at radius 2 is 1.91 bits per heavy atom. The average molecular weight is 423 g/mol. The van der Waals surface area contributed by atoms with Crippen LogP contribution in [0, 0.1) is 0 Å². The SMILES string of the molecule is CCCC(=O)Nc1cccc(-c2nc(Nc3ccc4c(c3)=CN=4)c3cc(O)ccc3n2)c1. The number of benzene rings is 3. The van der Waals surface area contributed by atoms with Crippen LogP contribution in [0.3, 0.4) is 0 Å². The van der Waals surface area contributed by atoms with Crippen LogP contribution in [-0.2, 0) is 4.79 Å². The zero-order chi connectivity index (χ0) is 22.1. The van der Waals surface area contributed by atoms with E-state index in [0.29, 0.717) is 34.7 Å². The van der Waals surface area contributed by atoms with Gasteiger partial charge >= 0.3 is 0 Å². The first-order chi connectivity index (χ1) is 15.6. The van der Waals surface area contributed by atoms with E-state index in [2.05, 4.69) is 15.6 Å². The van der Waals surface area contributed by atoms with E-state index < -0.39 is 0 Å². The minimum absolute atomic E-state index is 0.0221. The Hall–Kier alpha value is -4.26. The Balaban J connectivity index is 1.56. The lowest BCUT2D eigenvalue weighted by atomic mass is 10.1. The molecule has 7 heteroatoms. The molecule has 3 aromatic carbocycles. The van der Waals surface area contributed by atoms with Gasteiger partial charge in [0.1, 0.15) is 11.6 Å². The first-order valence-electron chi connectivity index (χ1n) is 10.5. The average Bonchev–Trinajstić information content (AvgIpc) is 2.76. The van der Waals surface area contributed by atoms with Crippen molar-refractivity contribution in [3.05, 3.63) is 71.2 Å². The molecule has 0 aliphatic carbocycles. The maximum Gasteiger partial charge on any atom is 0.224 e. The van der Waals surface area contributed by atoms with Gasteiger partial charge in [0.05, 0.1) is 10.9 Å². The highest BCUT2D eigenvalue weighted by molar-refractivity contribution is 5.94. The molecule has 7 nitrogen and oxygen atoms in total. The maximum atomic E-state index is 12.0. The summed E-state index contributed by atoms with van der Waals surface area (Å²) in [5, 5.41) is 19.0. The molecular formula is C25H21N5O2. The normalized spacial score (nSPS) is 11.7. The van der Waals surface area contributed by atoms with E-state index in [0.717, 1.165) is 28.2 Å². The van der Waals surface area contributed by atoms with Gasteiger partial charge in [0.15, 0.2) is 5.82 Å². The first-order valence-corrected chi connectivity index (χ1v) is 10.5. The van der Waals surface area contributed by atoms with E-state index in [-0.39, 0.29) is 11.7 Å². The van der Waals surface area contributed by atoms with E-state index >= 15 is 0 Å². The minimum Gasteiger partial charge on any atom is -0.508 e. The molecule has 2 heterocycles. The molecule has 0 saturated carbocycles. The molecular weight excluding hydrogens is 402 g/mol. The van der Waals surface area contributed by atoms with E-state index in [1.807, 2.05) is 55.6 Å². The largest absolute Gasteiger partial charge is 0.508 e. The van der Waals surface area contributed by atoms with Crippen LogP contribution in [0.4, 0.5) is 17.2 Å². The fraction of sp³-hybridized carbons (Fsp3) is 0.120. The molecule has 158 valence electrons. The van der Waals surface area contributed by atoms with Crippen molar-refractivity contribution in [1.82, 2.24) is 9.97 Å². The third-order valence-corrected chi connectivity index (χ3v) is 5.19. The number of hydrogen-bond donors (Lipinski definition) is 3. The number of amides is 1. The third-order valence-electron chi connectivity index (χ3n) is 5.19. The highest BCUT2D eigenvalue weighted by atomic mass is 16.3. The van der Waals surface area contributed by atoms with Gasteiger partial charge in [-0.15, -0.1) is 0 Å². The zero-order valence-corrected chi connectivity index (χ0v) is 17.5. The van der Waals surface area contributed by atoms with Crippen LogP contribution >= 0.6 is 0 Å². The zero-order valence-electron chi connectivity index (χ0n) is 17.5. The molecule has 1 amide bonds. The van der Waals surface area contributed by atoms with E-state index in [1.54, 1.807) is 18.2 Å². The molecule has 0 saturated heterocycles. The van der Waals surface area contributed by atoms with Gasteiger partial charge in [0.2, 0.25) is 5.91 Å². The molecule has 1 aliphatic rings. The summed E-state index contributed by atoms with van der Waals surface area (Å²) < 4.78 is 0. The molecule has 3 N–H and O–H groups in total. The van der Waals surface area contributed by atoms with Gasteiger partial charge in [-0.2, -0.15) is 0 Å². The highest BCUT2D eigenvalue weighted by Gasteiger charge is 2.12. The number of carbonyl (C=O) groups is 1. The smallest absolute Gasteiger partial charge is 0.224 e. The summed E-state index contributed by atoms with van der Waals surface area (Å²) in [6.45, 7) is 1.97. The topological polar surface area (TPSA) is 99.5 Å². The number of phenols is 1. The highest BCUT2D eigenvalue weighted by Crippen LogP contribution is 2.30. The van der Waals surface area contributed by atoms with Crippen molar-refractivity contribution in [3.63, 3.8) is 0 Å². The second kappa shape index (κ2) is 8.11. The molecule has 5 rings (SSSR count). The number of carbonyl (C=O) groups excluding carboxylic acids is 1. The van der Waals surface area contributed by atoms with Gasteiger partial charge < -0.3 is 15.7 Å². The summed E-state index contributed by atoms with van der Waals surface area (Å²) in [5.74, 6) is 1.22. The quantitative estimate of drug-likeness (QED) is 0.437. The molecule has 0 atom stereocenters. The van der Waals surface area contributed by atoms with E-state index in [4.69, 9.17) is 9.97 Å². The summed E-state index contributed by atoms with van der Waals surface area (Å²) in [4.78, 5) is 25.6. The number of aromatic nitrogens is 2. The molecule has 32 heavy (non-hydrogen) atoms. The van der Waals surface area contributed by atoms with Crippen molar-refractivity contribution < 1.29 is 9.90 Å². The minimum atomic E-state index is -0.0221.